The summed E-state index contributed by atoms with van der Waals surface area (Å²) in [6.07, 6.45) is 4.39. The molecule has 192 valence electrons. The molecule has 5 rings (SSSR count). The van der Waals surface area contributed by atoms with Gasteiger partial charge in [0.05, 0.1) is 41.1 Å². The molecule has 0 spiro atoms. The van der Waals surface area contributed by atoms with Crippen molar-refractivity contribution in [1.29, 1.82) is 5.26 Å². The van der Waals surface area contributed by atoms with Gasteiger partial charge in [-0.15, -0.1) is 4.99 Å². The molecule has 3 aromatic heterocycles. The Balaban J connectivity index is 1.80. The summed E-state index contributed by atoms with van der Waals surface area (Å²) < 4.78 is 12.7. The number of nitrogens with zero attached hydrogens (tertiary/aromatic N) is 5. The van der Waals surface area contributed by atoms with Crippen molar-refractivity contribution >= 4 is 27.9 Å². The molecule has 1 atom stereocenters. The number of aromatic nitrogens is 4. The van der Waals surface area contributed by atoms with Gasteiger partial charge in [-0.05, 0) is 62.9 Å². The van der Waals surface area contributed by atoms with Crippen LogP contribution in [0.3, 0.4) is 0 Å². The highest BCUT2D eigenvalue weighted by Crippen LogP contribution is 2.36. The number of rotatable bonds is 7. The summed E-state index contributed by atoms with van der Waals surface area (Å²) in [6, 6.07) is 14.0. The monoisotopic (exact) mass is 508 g/mol. The van der Waals surface area contributed by atoms with Crippen LogP contribution in [0.4, 0.5) is 0 Å². The third-order valence-electron chi connectivity index (χ3n) is 6.81. The molecule has 2 aromatic carbocycles. The number of nitrogens with one attached hydrogen (secondary N) is 1. The summed E-state index contributed by atoms with van der Waals surface area (Å²) in [5.74, 6) is 0.447. The molecule has 0 saturated heterocycles. The van der Waals surface area contributed by atoms with Gasteiger partial charge in [-0.3, -0.25) is 9.78 Å². The van der Waals surface area contributed by atoms with E-state index in [1.54, 1.807) is 13.1 Å². The largest absolute Gasteiger partial charge is 0.466 e. The Kier molecular flexibility index (Phi) is 6.79. The number of carbonyl (C=O) groups is 1. The van der Waals surface area contributed by atoms with Crippen LogP contribution < -0.4 is 5.62 Å². The first-order valence-corrected chi connectivity index (χ1v) is 12.5. The maximum atomic E-state index is 12.3. The predicted octanol–water partition coefficient (Wildman–Crippen LogP) is 5.28. The normalized spacial score (nSPS) is 12.7. The lowest BCUT2D eigenvalue weighted by atomic mass is 9.93. The summed E-state index contributed by atoms with van der Waals surface area (Å²) in [4.78, 5) is 24.4. The zero-order valence-corrected chi connectivity index (χ0v) is 21.8. The topological polar surface area (TPSA) is 122 Å². The van der Waals surface area contributed by atoms with Crippen molar-refractivity contribution < 1.29 is 14.1 Å². The number of benzene rings is 2. The predicted molar refractivity (Wildman–Crippen MR) is 143 cm³/mol. The van der Waals surface area contributed by atoms with Gasteiger partial charge in [0.15, 0.2) is 0 Å². The quantitative estimate of drug-likeness (QED) is 0.236. The number of nitriles is 1. The van der Waals surface area contributed by atoms with Crippen molar-refractivity contribution in [1.82, 2.24) is 19.7 Å². The number of aromatic amines is 1. The Morgan fingerprint density at radius 2 is 2.05 bits per heavy atom. The van der Waals surface area contributed by atoms with Crippen LogP contribution in [-0.4, -0.2) is 32.3 Å². The number of imidazole rings is 1. The molecule has 0 amide bonds. The van der Waals surface area contributed by atoms with E-state index in [1.807, 2.05) is 48.9 Å². The van der Waals surface area contributed by atoms with Crippen molar-refractivity contribution in [2.45, 2.75) is 46.6 Å². The van der Waals surface area contributed by atoms with Crippen LogP contribution in [0.15, 0.2) is 58.2 Å². The SMILES string of the molecule is CCOC(=O)CCc1cc2c(cc1-c1c(C)noc1C)ncc1[nH]/c(=N\C#N)n([C@H](C)c3ccccc3)c12. The van der Waals surface area contributed by atoms with E-state index in [0.717, 1.165) is 49.9 Å². The average molecular weight is 509 g/mol. The van der Waals surface area contributed by atoms with Gasteiger partial charge in [0, 0.05) is 17.4 Å². The van der Waals surface area contributed by atoms with E-state index in [4.69, 9.17) is 14.2 Å². The highest BCUT2D eigenvalue weighted by atomic mass is 16.5. The lowest BCUT2D eigenvalue weighted by molar-refractivity contribution is -0.143. The minimum absolute atomic E-state index is 0.118. The Hall–Kier alpha value is -4.71. The highest BCUT2D eigenvalue weighted by Gasteiger charge is 2.21. The second-order valence-corrected chi connectivity index (χ2v) is 9.17. The van der Waals surface area contributed by atoms with Gasteiger partial charge in [-0.1, -0.05) is 35.5 Å². The number of H-pyrrole nitrogens is 1. The first kappa shape index (κ1) is 25.0. The molecule has 1 N–H and O–H groups in total. The number of fused-ring (bicyclic) bond motifs is 3. The molecular formula is C29H28N6O3. The average Bonchev–Trinajstić information content (AvgIpc) is 3.46. The van der Waals surface area contributed by atoms with E-state index >= 15 is 0 Å². The summed E-state index contributed by atoms with van der Waals surface area (Å²) in [7, 11) is 0. The molecule has 5 aromatic rings. The third-order valence-corrected chi connectivity index (χ3v) is 6.81. The number of aryl methyl sites for hydroxylation is 3. The number of ether oxygens (including phenoxy) is 1. The fourth-order valence-corrected chi connectivity index (χ4v) is 5.07. The number of esters is 1. The van der Waals surface area contributed by atoms with E-state index in [0.29, 0.717) is 24.4 Å². The van der Waals surface area contributed by atoms with E-state index in [2.05, 4.69) is 40.3 Å². The maximum Gasteiger partial charge on any atom is 0.306 e. The number of carbonyl (C=O) groups excluding carboxylic acids is 1. The molecule has 38 heavy (non-hydrogen) atoms. The molecule has 9 heteroatoms. The summed E-state index contributed by atoms with van der Waals surface area (Å²) in [5.41, 5.74) is 7.46. The summed E-state index contributed by atoms with van der Waals surface area (Å²) in [5, 5.41) is 14.4. The van der Waals surface area contributed by atoms with Crippen molar-refractivity contribution in [3.63, 3.8) is 0 Å². The highest BCUT2D eigenvalue weighted by molar-refractivity contribution is 6.04. The molecule has 0 radical (unpaired) electrons. The minimum atomic E-state index is -0.252. The van der Waals surface area contributed by atoms with Crippen LogP contribution in [0, 0.1) is 25.3 Å². The fraction of sp³-hybridized carbons (Fsp3) is 0.276. The summed E-state index contributed by atoms with van der Waals surface area (Å²) in [6.45, 7) is 7.99. The van der Waals surface area contributed by atoms with Crippen molar-refractivity contribution in [3.8, 4) is 17.3 Å². The maximum absolute atomic E-state index is 12.3. The molecule has 0 aliphatic carbocycles. The van der Waals surface area contributed by atoms with Gasteiger partial charge in [-0.2, -0.15) is 5.26 Å². The van der Waals surface area contributed by atoms with E-state index < -0.39 is 0 Å². The standard InChI is InChI=1S/C29H28N6O3/c1-5-37-26(36)12-11-21-13-23-24(14-22(21)27-17(2)34-38-19(27)4)31-15-25-28(23)35(29(33-25)32-16-30)18(3)20-9-7-6-8-10-20/h6-10,13-15,18H,5,11-12H2,1-4H3,(H,32,33)/t18-/m1/s1. The molecule has 0 aliphatic heterocycles. The van der Waals surface area contributed by atoms with Gasteiger partial charge in [0.1, 0.15) is 5.76 Å². The van der Waals surface area contributed by atoms with Crippen molar-refractivity contribution in [3.05, 3.63) is 76.9 Å². The smallest absolute Gasteiger partial charge is 0.306 e. The van der Waals surface area contributed by atoms with E-state index in [9.17, 15) is 10.1 Å². The van der Waals surface area contributed by atoms with Crippen LogP contribution in [-0.2, 0) is 16.0 Å². The van der Waals surface area contributed by atoms with Gasteiger partial charge in [0.2, 0.25) is 11.8 Å². The lowest BCUT2D eigenvalue weighted by Gasteiger charge is -2.17. The van der Waals surface area contributed by atoms with Gasteiger partial charge in [-0.25, -0.2) is 0 Å². The Morgan fingerprint density at radius 3 is 2.74 bits per heavy atom. The van der Waals surface area contributed by atoms with E-state index in [1.165, 1.54) is 0 Å². The number of hydrogen-bond donors (Lipinski definition) is 1. The van der Waals surface area contributed by atoms with Gasteiger partial charge in [0.25, 0.3) is 0 Å². The summed E-state index contributed by atoms with van der Waals surface area (Å²) >= 11 is 0. The number of pyridine rings is 1. The Bertz CT molecular complexity index is 1740. The van der Waals surface area contributed by atoms with Gasteiger partial charge >= 0.3 is 5.97 Å². The molecule has 0 fully saturated rings. The molecule has 0 bridgehead atoms. The number of hydrogen-bond acceptors (Lipinski definition) is 7. The zero-order chi connectivity index (χ0) is 26.8. The zero-order valence-electron chi connectivity index (χ0n) is 21.8. The Labute approximate surface area is 219 Å². The minimum Gasteiger partial charge on any atom is -0.466 e. The lowest BCUT2D eigenvalue weighted by Crippen LogP contribution is -2.22. The molecule has 0 aliphatic rings. The second kappa shape index (κ2) is 10.3. The van der Waals surface area contributed by atoms with Crippen LogP contribution in [0.5, 0.6) is 0 Å². The molecular weight excluding hydrogens is 480 g/mol. The van der Waals surface area contributed by atoms with Crippen LogP contribution in [0.1, 0.15) is 48.9 Å². The third kappa shape index (κ3) is 4.45. The van der Waals surface area contributed by atoms with E-state index in [-0.39, 0.29) is 18.4 Å². The molecule has 9 nitrogen and oxygen atoms in total. The fourth-order valence-electron chi connectivity index (χ4n) is 5.07. The first-order chi connectivity index (χ1) is 18.4. The van der Waals surface area contributed by atoms with Crippen molar-refractivity contribution in [2.24, 2.45) is 4.99 Å². The molecule has 0 unspecified atom stereocenters. The van der Waals surface area contributed by atoms with Gasteiger partial charge < -0.3 is 18.8 Å². The van der Waals surface area contributed by atoms with Crippen LogP contribution >= 0.6 is 0 Å². The molecule has 0 saturated carbocycles. The van der Waals surface area contributed by atoms with Crippen LogP contribution in [0.25, 0.3) is 33.1 Å². The first-order valence-electron chi connectivity index (χ1n) is 12.5. The second-order valence-electron chi connectivity index (χ2n) is 9.17. The Morgan fingerprint density at radius 1 is 1.26 bits per heavy atom. The van der Waals surface area contributed by atoms with Crippen molar-refractivity contribution in [2.75, 3.05) is 6.61 Å². The van der Waals surface area contributed by atoms with Crippen LogP contribution in [0.2, 0.25) is 0 Å². The molecule has 3 heterocycles.